The van der Waals surface area contributed by atoms with Crippen LogP contribution in [0.15, 0.2) is 102 Å². The maximum Gasteiger partial charge on any atom is 0.300 e. The first-order chi connectivity index (χ1) is 14.8. The first kappa shape index (κ1) is 17.8. The van der Waals surface area contributed by atoms with E-state index in [2.05, 4.69) is 15.3 Å². The zero-order valence-corrected chi connectivity index (χ0v) is 15.9. The predicted octanol–water partition coefficient (Wildman–Crippen LogP) is 6.55. The molecule has 0 fully saturated rings. The van der Waals surface area contributed by atoms with E-state index in [1.807, 2.05) is 84.9 Å². The summed E-state index contributed by atoms with van der Waals surface area (Å²) in [5, 5.41) is 3.17. The number of benzene rings is 3. The Morgan fingerprint density at radius 2 is 1.47 bits per heavy atom. The third-order valence-corrected chi connectivity index (χ3v) is 4.30. The van der Waals surface area contributed by atoms with E-state index in [9.17, 15) is 0 Å². The Morgan fingerprint density at radius 1 is 0.700 bits per heavy atom. The monoisotopic (exact) mass is 395 g/mol. The highest BCUT2D eigenvalue weighted by Gasteiger charge is 2.08. The Hall–Kier alpha value is -4.32. The molecule has 6 heteroatoms. The lowest BCUT2D eigenvalue weighted by Crippen LogP contribution is -1.90. The first-order valence-electron chi connectivity index (χ1n) is 9.41. The van der Waals surface area contributed by atoms with Gasteiger partial charge < -0.3 is 19.2 Å². The van der Waals surface area contributed by atoms with Crippen LogP contribution >= 0.6 is 0 Å². The van der Waals surface area contributed by atoms with E-state index in [4.69, 9.17) is 13.9 Å². The minimum Gasteiger partial charge on any atom is -0.457 e. The molecular formula is C24H17N3O3. The van der Waals surface area contributed by atoms with Crippen LogP contribution in [0.1, 0.15) is 0 Å². The van der Waals surface area contributed by atoms with Crippen LogP contribution in [-0.2, 0) is 0 Å². The van der Waals surface area contributed by atoms with Crippen molar-refractivity contribution in [3.8, 4) is 23.1 Å². The molecule has 146 valence electrons. The highest BCUT2D eigenvalue weighted by Crippen LogP contribution is 2.28. The number of nitrogens with one attached hydrogen (secondary N) is 1. The molecule has 0 saturated heterocycles. The van der Waals surface area contributed by atoms with Crippen molar-refractivity contribution in [3.05, 3.63) is 97.2 Å². The summed E-state index contributed by atoms with van der Waals surface area (Å²) in [4.78, 5) is 8.65. The number of anilines is 2. The van der Waals surface area contributed by atoms with E-state index in [-0.39, 0.29) is 0 Å². The molecule has 1 N–H and O–H groups in total. The largest absolute Gasteiger partial charge is 0.457 e. The third kappa shape index (κ3) is 4.07. The summed E-state index contributed by atoms with van der Waals surface area (Å²) in [7, 11) is 0. The number of ether oxygens (including phenoxy) is 2. The highest BCUT2D eigenvalue weighted by molar-refractivity contribution is 5.77. The normalized spacial score (nSPS) is 10.7. The van der Waals surface area contributed by atoms with E-state index in [0.29, 0.717) is 28.7 Å². The molecule has 0 aliphatic carbocycles. The summed E-state index contributed by atoms with van der Waals surface area (Å²) < 4.78 is 17.3. The van der Waals surface area contributed by atoms with Gasteiger partial charge in [-0.05, 0) is 54.6 Å². The minimum absolute atomic E-state index is 0.400. The van der Waals surface area contributed by atoms with Crippen molar-refractivity contribution in [2.75, 3.05) is 5.32 Å². The van der Waals surface area contributed by atoms with Crippen LogP contribution in [0, 0.1) is 0 Å². The van der Waals surface area contributed by atoms with E-state index in [1.165, 1.54) is 0 Å². The Morgan fingerprint density at radius 3 is 2.27 bits per heavy atom. The minimum atomic E-state index is 0.400. The topological polar surface area (TPSA) is 69.4 Å². The number of pyridine rings is 1. The standard InChI is InChI=1S/C24H17N3O3/c1-2-6-18(7-3-1)28-19-11-9-17(10-12-19)26-24-27-21-16-20(13-14-22(21)30-24)29-23-8-4-5-15-25-23/h1-16H,(H,26,27). The molecular weight excluding hydrogens is 378 g/mol. The van der Waals surface area contributed by atoms with Crippen LogP contribution in [0.2, 0.25) is 0 Å². The van der Waals surface area contributed by atoms with E-state index in [1.54, 1.807) is 12.3 Å². The van der Waals surface area contributed by atoms with Crippen molar-refractivity contribution in [1.82, 2.24) is 9.97 Å². The fourth-order valence-electron chi connectivity index (χ4n) is 2.91. The third-order valence-electron chi connectivity index (χ3n) is 4.30. The molecule has 5 aromatic rings. The van der Waals surface area contributed by atoms with Gasteiger partial charge in [-0.3, -0.25) is 0 Å². The number of oxazole rings is 1. The average molecular weight is 395 g/mol. The van der Waals surface area contributed by atoms with Gasteiger partial charge in [0.2, 0.25) is 5.88 Å². The molecule has 30 heavy (non-hydrogen) atoms. The van der Waals surface area contributed by atoms with Crippen LogP contribution in [0.4, 0.5) is 11.7 Å². The zero-order valence-electron chi connectivity index (χ0n) is 15.9. The fourth-order valence-corrected chi connectivity index (χ4v) is 2.91. The number of hydrogen-bond acceptors (Lipinski definition) is 6. The highest BCUT2D eigenvalue weighted by atomic mass is 16.5. The second-order valence-corrected chi connectivity index (χ2v) is 6.48. The smallest absolute Gasteiger partial charge is 0.300 e. The van der Waals surface area contributed by atoms with E-state index < -0.39 is 0 Å². The van der Waals surface area contributed by atoms with Gasteiger partial charge in [0.1, 0.15) is 22.8 Å². The van der Waals surface area contributed by atoms with Crippen LogP contribution in [-0.4, -0.2) is 9.97 Å². The Kier molecular flexibility index (Phi) is 4.72. The molecule has 5 rings (SSSR count). The Balaban J connectivity index is 1.29. The number of rotatable bonds is 6. The van der Waals surface area contributed by atoms with Crippen molar-refractivity contribution in [1.29, 1.82) is 0 Å². The zero-order chi connectivity index (χ0) is 20.2. The molecule has 0 atom stereocenters. The first-order valence-corrected chi connectivity index (χ1v) is 9.41. The fraction of sp³-hybridized carbons (Fsp3) is 0. The second-order valence-electron chi connectivity index (χ2n) is 6.48. The molecule has 2 aromatic heterocycles. The van der Waals surface area contributed by atoms with Crippen molar-refractivity contribution in [2.45, 2.75) is 0 Å². The maximum atomic E-state index is 5.81. The lowest BCUT2D eigenvalue weighted by molar-refractivity contribution is 0.463. The summed E-state index contributed by atoms with van der Waals surface area (Å²) in [6.45, 7) is 0. The number of aromatic nitrogens is 2. The van der Waals surface area contributed by atoms with Crippen LogP contribution < -0.4 is 14.8 Å². The second kappa shape index (κ2) is 7.97. The van der Waals surface area contributed by atoms with Gasteiger partial charge in [0.25, 0.3) is 6.01 Å². The van der Waals surface area contributed by atoms with Gasteiger partial charge in [0, 0.05) is 24.0 Å². The quantitative estimate of drug-likeness (QED) is 0.351. The molecule has 6 nitrogen and oxygen atoms in total. The lowest BCUT2D eigenvalue weighted by Gasteiger charge is -2.06. The maximum absolute atomic E-state index is 5.81. The molecule has 0 spiro atoms. The molecule has 0 bridgehead atoms. The van der Waals surface area contributed by atoms with Crippen molar-refractivity contribution < 1.29 is 13.9 Å². The van der Waals surface area contributed by atoms with Gasteiger partial charge in [0.15, 0.2) is 5.58 Å². The van der Waals surface area contributed by atoms with Crippen molar-refractivity contribution in [3.63, 3.8) is 0 Å². The van der Waals surface area contributed by atoms with E-state index in [0.717, 1.165) is 17.2 Å². The molecule has 0 saturated carbocycles. The van der Waals surface area contributed by atoms with Gasteiger partial charge in [-0.15, -0.1) is 0 Å². The molecule has 0 unspecified atom stereocenters. The van der Waals surface area contributed by atoms with Crippen molar-refractivity contribution >= 4 is 22.8 Å². The van der Waals surface area contributed by atoms with Crippen LogP contribution in [0.25, 0.3) is 11.1 Å². The molecule has 3 aromatic carbocycles. The average Bonchev–Trinajstić information content (AvgIpc) is 3.18. The Labute approximate surface area is 172 Å². The van der Waals surface area contributed by atoms with Gasteiger partial charge in [-0.1, -0.05) is 24.3 Å². The molecule has 0 aliphatic heterocycles. The molecule has 0 aliphatic rings. The summed E-state index contributed by atoms with van der Waals surface area (Å²) in [5.41, 5.74) is 2.19. The van der Waals surface area contributed by atoms with Gasteiger partial charge >= 0.3 is 0 Å². The molecule has 0 radical (unpaired) electrons. The van der Waals surface area contributed by atoms with Crippen LogP contribution in [0.5, 0.6) is 23.1 Å². The van der Waals surface area contributed by atoms with Gasteiger partial charge in [0.05, 0.1) is 0 Å². The van der Waals surface area contributed by atoms with Crippen LogP contribution in [0.3, 0.4) is 0 Å². The predicted molar refractivity (Wildman–Crippen MR) is 115 cm³/mol. The summed E-state index contributed by atoms with van der Waals surface area (Å²) in [6, 6.07) is 28.6. The SMILES string of the molecule is c1ccc(Oc2ccc(Nc3nc4cc(Oc5ccccn5)ccc4o3)cc2)cc1. The summed E-state index contributed by atoms with van der Waals surface area (Å²) in [6.07, 6.45) is 1.68. The molecule has 2 heterocycles. The number of fused-ring (bicyclic) bond motifs is 1. The molecule has 0 amide bonds. The van der Waals surface area contributed by atoms with E-state index >= 15 is 0 Å². The number of hydrogen-bond donors (Lipinski definition) is 1. The van der Waals surface area contributed by atoms with Crippen molar-refractivity contribution in [2.24, 2.45) is 0 Å². The lowest BCUT2D eigenvalue weighted by atomic mass is 10.3. The number of nitrogens with zero attached hydrogens (tertiary/aromatic N) is 2. The van der Waals surface area contributed by atoms with Gasteiger partial charge in [-0.25, -0.2) is 4.98 Å². The number of para-hydroxylation sites is 1. The summed E-state index contributed by atoms with van der Waals surface area (Å²) >= 11 is 0. The van der Waals surface area contributed by atoms with Gasteiger partial charge in [-0.2, -0.15) is 4.98 Å². The Bertz CT molecular complexity index is 1250. The summed E-state index contributed by atoms with van der Waals surface area (Å²) in [5.74, 6) is 2.71.